The molecule has 1 aliphatic rings. The van der Waals surface area contributed by atoms with E-state index in [9.17, 15) is 4.79 Å². The van der Waals surface area contributed by atoms with Gasteiger partial charge in [0.1, 0.15) is 5.65 Å². The molecule has 5 nitrogen and oxygen atoms in total. The van der Waals surface area contributed by atoms with Gasteiger partial charge in [-0.15, -0.1) is 0 Å². The fraction of sp³-hybridized carbons (Fsp3) is 0.440. The zero-order valence-electron chi connectivity index (χ0n) is 18.7. The van der Waals surface area contributed by atoms with E-state index in [4.69, 9.17) is 4.98 Å². The largest absolute Gasteiger partial charge is 0.380 e. The maximum atomic E-state index is 13.0. The molecule has 1 aromatic carbocycles. The van der Waals surface area contributed by atoms with E-state index in [1.165, 1.54) is 11.1 Å². The number of likely N-dealkylation sites (N-methyl/N-ethyl adjacent to an activating group) is 1. The van der Waals surface area contributed by atoms with E-state index < -0.39 is 0 Å². The van der Waals surface area contributed by atoms with Gasteiger partial charge in [-0.1, -0.05) is 45.0 Å². The summed E-state index contributed by atoms with van der Waals surface area (Å²) in [6, 6.07) is 12.7. The van der Waals surface area contributed by atoms with E-state index >= 15 is 0 Å². The van der Waals surface area contributed by atoms with Crippen LogP contribution >= 0.6 is 0 Å². The minimum absolute atomic E-state index is 0.0434. The summed E-state index contributed by atoms with van der Waals surface area (Å²) in [5.41, 5.74) is 5.44. The first-order valence-corrected chi connectivity index (χ1v) is 10.7. The second-order valence-corrected chi connectivity index (χ2v) is 9.71. The smallest absolute Gasteiger partial charge is 0.191 e. The Morgan fingerprint density at radius 1 is 1.13 bits per heavy atom. The van der Waals surface area contributed by atoms with Gasteiger partial charge in [0.25, 0.3) is 0 Å². The number of nitrogens with one attached hydrogen (secondary N) is 1. The van der Waals surface area contributed by atoms with Crippen LogP contribution in [-0.4, -0.2) is 41.1 Å². The van der Waals surface area contributed by atoms with Crippen molar-refractivity contribution in [1.29, 1.82) is 0 Å². The van der Waals surface area contributed by atoms with Gasteiger partial charge in [-0.25, -0.2) is 4.98 Å². The van der Waals surface area contributed by atoms with Crippen molar-refractivity contribution in [3.8, 4) is 0 Å². The highest BCUT2D eigenvalue weighted by molar-refractivity contribution is 5.79. The molecule has 0 radical (unpaired) electrons. The zero-order valence-corrected chi connectivity index (χ0v) is 18.7. The summed E-state index contributed by atoms with van der Waals surface area (Å²) in [5.74, 6) is 0. The number of fused-ring (bicyclic) bond motifs is 2. The third-order valence-corrected chi connectivity index (χ3v) is 5.91. The predicted octanol–water partition coefficient (Wildman–Crippen LogP) is 3.83. The molecular formula is C25H32N4O. The van der Waals surface area contributed by atoms with Crippen molar-refractivity contribution >= 4 is 16.7 Å². The van der Waals surface area contributed by atoms with Crippen molar-refractivity contribution in [2.24, 2.45) is 0 Å². The molecule has 2 heterocycles. The van der Waals surface area contributed by atoms with Gasteiger partial charge in [-0.3, -0.25) is 4.79 Å². The summed E-state index contributed by atoms with van der Waals surface area (Å²) < 4.78 is 2.21. The molecular weight excluding hydrogens is 372 g/mol. The minimum atomic E-state index is -0.131. The first kappa shape index (κ1) is 20.6. The lowest BCUT2D eigenvalue weighted by Gasteiger charge is -2.26. The van der Waals surface area contributed by atoms with Crippen LogP contribution in [0.1, 0.15) is 37.6 Å². The third-order valence-electron chi connectivity index (χ3n) is 5.91. The Morgan fingerprint density at radius 2 is 1.80 bits per heavy atom. The van der Waals surface area contributed by atoms with Crippen LogP contribution in [0.2, 0.25) is 0 Å². The van der Waals surface area contributed by atoms with Gasteiger partial charge < -0.3 is 14.8 Å². The van der Waals surface area contributed by atoms with Crippen molar-refractivity contribution in [1.82, 2.24) is 14.5 Å². The number of hydrogen-bond donors (Lipinski definition) is 1. The first-order valence-electron chi connectivity index (χ1n) is 10.7. The van der Waals surface area contributed by atoms with Gasteiger partial charge in [0.05, 0.1) is 17.3 Å². The van der Waals surface area contributed by atoms with E-state index in [1.807, 2.05) is 12.3 Å². The molecule has 5 heteroatoms. The summed E-state index contributed by atoms with van der Waals surface area (Å²) in [4.78, 5) is 19.9. The van der Waals surface area contributed by atoms with Crippen molar-refractivity contribution in [3.63, 3.8) is 0 Å². The number of benzene rings is 1. The average Bonchev–Trinajstić information content (AvgIpc) is 3.08. The molecule has 2 aromatic heterocycles. The molecule has 0 spiro atoms. The van der Waals surface area contributed by atoms with Crippen LogP contribution in [0.4, 0.5) is 5.69 Å². The van der Waals surface area contributed by atoms with Gasteiger partial charge in [0.2, 0.25) is 0 Å². The van der Waals surface area contributed by atoms with Crippen LogP contribution < -0.4 is 10.7 Å². The Labute approximate surface area is 178 Å². The Balaban J connectivity index is 1.69. The highest BCUT2D eigenvalue weighted by Crippen LogP contribution is 2.27. The molecule has 4 rings (SSSR count). The van der Waals surface area contributed by atoms with E-state index in [-0.39, 0.29) is 10.8 Å². The molecule has 0 amide bonds. The van der Waals surface area contributed by atoms with Crippen LogP contribution in [0.25, 0.3) is 11.0 Å². The lowest BCUT2D eigenvalue weighted by molar-refractivity contribution is 0.375. The highest BCUT2D eigenvalue weighted by Gasteiger charge is 2.23. The van der Waals surface area contributed by atoms with E-state index in [2.05, 4.69) is 73.9 Å². The summed E-state index contributed by atoms with van der Waals surface area (Å²) in [7, 11) is 4.13. The lowest BCUT2D eigenvalue weighted by atomic mass is 9.90. The molecule has 158 valence electrons. The van der Waals surface area contributed by atoms with E-state index in [1.54, 1.807) is 6.07 Å². The molecule has 3 aromatic rings. The normalized spacial score (nSPS) is 14.5. The minimum Gasteiger partial charge on any atom is -0.380 e. The number of anilines is 1. The van der Waals surface area contributed by atoms with E-state index in [0.29, 0.717) is 11.4 Å². The molecule has 0 aliphatic heterocycles. The summed E-state index contributed by atoms with van der Waals surface area (Å²) in [6.07, 6.45) is 3.89. The molecule has 30 heavy (non-hydrogen) atoms. The Bertz CT molecular complexity index is 1100. The Hall–Kier alpha value is -2.66. The van der Waals surface area contributed by atoms with Crippen LogP contribution in [0.5, 0.6) is 0 Å². The van der Waals surface area contributed by atoms with Crippen LogP contribution in [0, 0.1) is 0 Å². The highest BCUT2D eigenvalue weighted by atomic mass is 16.1. The van der Waals surface area contributed by atoms with Crippen molar-refractivity contribution in [2.75, 3.05) is 26.0 Å². The molecule has 0 bridgehead atoms. The number of aromatic nitrogens is 2. The van der Waals surface area contributed by atoms with Crippen molar-refractivity contribution in [2.45, 2.75) is 51.6 Å². The van der Waals surface area contributed by atoms with Crippen molar-refractivity contribution < 1.29 is 0 Å². The second-order valence-electron chi connectivity index (χ2n) is 9.71. The van der Waals surface area contributed by atoms with Crippen LogP contribution in [0.3, 0.4) is 0 Å². The fourth-order valence-electron chi connectivity index (χ4n) is 4.37. The number of rotatable bonds is 5. The first-order chi connectivity index (χ1) is 14.2. The standard InChI is InChI=1S/C25H32N4O/c1-25(2,3)23-15-22(30)21-14-20(16-26-24(21)29(23)11-10-28(4)5)27-19-12-17-8-6-7-9-18(17)13-19/h6-9,14-16,19,27H,10-13H2,1-5H3. The van der Waals surface area contributed by atoms with Crippen LogP contribution in [0.15, 0.2) is 47.4 Å². The Kier molecular flexibility index (Phi) is 5.41. The van der Waals surface area contributed by atoms with Gasteiger partial charge >= 0.3 is 0 Å². The molecule has 1 N–H and O–H groups in total. The molecule has 0 fully saturated rings. The quantitative estimate of drug-likeness (QED) is 0.702. The van der Waals surface area contributed by atoms with Gasteiger partial charge in [-0.05, 0) is 44.1 Å². The summed E-state index contributed by atoms with van der Waals surface area (Å²) in [6.45, 7) is 8.13. The van der Waals surface area contributed by atoms with Gasteiger partial charge in [0, 0.05) is 36.3 Å². The Morgan fingerprint density at radius 3 is 2.40 bits per heavy atom. The second kappa shape index (κ2) is 7.88. The molecule has 0 atom stereocenters. The maximum absolute atomic E-state index is 13.0. The van der Waals surface area contributed by atoms with Gasteiger partial charge in [0.15, 0.2) is 5.43 Å². The molecule has 0 unspecified atom stereocenters. The molecule has 1 aliphatic carbocycles. The van der Waals surface area contributed by atoms with Gasteiger partial charge in [-0.2, -0.15) is 0 Å². The monoisotopic (exact) mass is 404 g/mol. The number of pyridine rings is 2. The van der Waals surface area contributed by atoms with Crippen molar-refractivity contribution in [3.05, 3.63) is 69.6 Å². The topological polar surface area (TPSA) is 50.2 Å². The molecule has 0 saturated heterocycles. The maximum Gasteiger partial charge on any atom is 0.191 e. The predicted molar refractivity (Wildman–Crippen MR) is 125 cm³/mol. The summed E-state index contributed by atoms with van der Waals surface area (Å²) >= 11 is 0. The van der Waals surface area contributed by atoms with E-state index in [0.717, 1.165) is 43.0 Å². The number of nitrogens with zero attached hydrogens (tertiary/aromatic N) is 3. The average molecular weight is 405 g/mol. The summed E-state index contributed by atoms with van der Waals surface area (Å²) in [5, 5.41) is 4.29. The number of hydrogen-bond acceptors (Lipinski definition) is 4. The van der Waals surface area contributed by atoms with Crippen LogP contribution in [-0.2, 0) is 24.8 Å². The molecule has 0 saturated carbocycles. The fourth-order valence-corrected chi connectivity index (χ4v) is 4.37. The third kappa shape index (κ3) is 4.12. The zero-order chi connectivity index (χ0) is 21.5. The lowest BCUT2D eigenvalue weighted by Crippen LogP contribution is -2.28. The SMILES string of the molecule is CN(C)CCn1c(C(C)(C)C)cc(=O)c2cc(NC3Cc4ccccc4C3)cnc21.